The molecule has 0 heterocycles. The van der Waals surface area contributed by atoms with Crippen LogP contribution in [0.3, 0.4) is 0 Å². The zero-order valence-corrected chi connectivity index (χ0v) is 15.8. The van der Waals surface area contributed by atoms with Crippen molar-refractivity contribution in [3.63, 3.8) is 0 Å². The number of para-hydroxylation sites is 2. The molecule has 0 aliphatic heterocycles. The van der Waals surface area contributed by atoms with Gasteiger partial charge in [0, 0.05) is 12.0 Å². The highest BCUT2D eigenvalue weighted by Gasteiger charge is 2.14. The summed E-state index contributed by atoms with van der Waals surface area (Å²) in [5, 5.41) is 0. The molecule has 0 fully saturated rings. The van der Waals surface area contributed by atoms with Gasteiger partial charge in [0.15, 0.2) is 0 Å². The lowest BCUT2D eigenvalue weighted by atomic mass is 10.0. The van der Waals surface area contributed by atoms with Crippen molar-refractivity contribution in [2.75, 3.05) is 0 Å². The molecule has 4 aromatic carbocycles. The number of carbonyl (C=O) groups excluding carboxylic acids is 1. The van der Waals surface area contributed by atoms with Crippen molar-refractivity contribution in [1.82, 2.24) is 0 Å². The molecule has 0 saturated heterocycles. The maximum atomic E-state index is 12.5. The van der Waals surface area contributed by atoms with Crippen LogP contribution in [0.15, 0.2) is 109 Å². The fraction of sp³-hybridized carbons (Fsp3) is 0.0385. The molecule has 0 saturated carbocycles. The summed E-state index contributed by atoms with van der Waals surface area (Å²) in [6, 6.07) is 34.8. The van der Waals surface area contributed by atoms with Gasteiger partial charge in [0.25, 0.3) is 0 Å². The SMILES string of the molecule is O=C(Oc1ccccc1Cc1ccccc1)Oc1ccccc1-c1ccccc1. The van der Waals surface area contributed by atoms with Crippen LogP contribution < -0.4 is 9.47 Å². The Bertz CT molecular complexity index is 1090. The number of carbonyl (C=O) groups is 1. The summed E-state index contributed by atoms with van der Waals surface area (Å²) in [5.74, 6) is 0.961. The minimum Gasteiger partial charge on any atom is -0.394 e. The monoisotopic (exact) mass is 380 g/mol. The van der Waals surface area contributed by atoms with Crippen LogP contribution in [0.5, 0.6) is 11.5 Å². The van der Waals surface area contributed by atoms with Crippen molar-refractivity contribution < 1.29 is 14.3 Å². The molecule has 0 aliphatic carbocycles. The Kier molecular flexibility index (Phi) is 5.68. The van der Waals surface area contributed by atoms with Crippen LogP contribution in [0, 0.1) is 0 Å². The molecular weight excluding hydrogens is 360 g/mol. The fourth-order valence-corrected chi connectivity index (χ4v) is 3.18. The van der Waals surface area contributed by atoms with Gasteiger partial charge in [-0.3, -0.25) is 0 Å². The first kappa shape index (κ1) is 18.5. The minimum atomic E-state index is -0.756. The Morgan fingerprint density at radius 3 is 1.90 bits per heavy atom. The van der Waals surface area contributed by atoms with Crippen molar-refractivity contribution in [3.05, 3.63) is 120 Å². The summed E-state index contributed by atoms with van der Waals surface area (Å²) in [6.07, 6.45) is -0.0841. The standard InChI is InChI=1S/C26H20O3/c27-26(29-25-18-10-8-16-23(25)21-13-5-2-6-14-21)28-24-17-9-7-15-22(24)19-20-11-3-1-4-12-20/h1-18H,19H2. The number of benzene rings is 4. The number of ether oxygens (including phenoxy) is 2. The van der Waals surface area contributed by atoms with E-state index in [0.717, 1.165) is 22.3 Å². The van der Waals surface area contributed by atoms with E-state index >= 15 is 0 Å². The van der Waals surface area contributed by atoms with E-state index in [9.17, 15) is 4.79 Å². The van der Waals surface area contributed by atoms with Crippen molar-refractivity contribution in [2.24, 2.45) is 0 Å². The van der Waals surface area contributed by atoms with Gasteiger partial charge in [0.05, 0.1) is 0 Å². The van der Waals surface area contributed by atoms with Crippen LogP contribution >= 0.6 is 0 Å². The normalized spacial score (nSPS) is 10.3. The Morgan fingerprint density at radius 1 is 0.586 bits per heavy atom. The highest BCUT2D eigenvalue weighted by Crippen LogP contribution is 2.30. The summed E-state index contributed by atoms with van der Waals surface area (Å²) in [6.45, 7) is 0. The third-order valence-electron chi connectivity index (χ3n) is 4.57. The number of hydrogen-bond donors (Lipinski definition) is 0. The Balaban J connectivity index is 1.52. The molecule has 0 atom stereocenters. The second-order valence-corrected chi connectivity index (χ2v) is 6.59. The molecule has 0 aliphatic rings. The molecule has 0 amide bonds. The molecule has 29 heavy (non-hydrogen) atoms. The first-order valence-electron chi connectivity index (χ1n) is 9.45. The number of rotatable bonds is 5. The van der Waals surface area contributed by atoms with Crippen molar-refractivity contribution in [1.29, 1.82) is 0 Å². The van der Waals surface area contributed by atoms with Crippen LogP contribution in [0.4, 0.5) is 4.79 Å². The third-order valence-corrected chi connectivity index (χ3v) is 4.57. The van der Waals surface area contributed by atoms with Crippen molar-refractivity contribution in [3.8, 4) is 22.6 Å². The van der Waals surface area contributed by atoms with E-state index in [1.54, 1.807) is 12.1 Å². The first-order valence-corrected chi connectivity index (χ1v) is 9.45. The molecule has 4 rings (SSSR count). The summed E-state index contributed by atoms with van der Waals surface area (Å²) in [4.78, 5) is 12.5. The molecular formula is C26H20O3. The Morgan fingerprint density at radius 2 is 1.14 bits per heavy atom. The molecule has 0 radical (unpaired) electrons. The lowest BCUT2D eigenvalue weighted by molar-refractivity contribution is 0.151. The lowest BCUT2D eigenvalue weighted by Gasteiger charge is -2.12. The van der Waals surface area contributed by atoms with E-state index < -0.39 is 6.16 Å². The highest BCUT2D eigenvalue weighted by atomic mass is 16.7. The minimum absolute atomic E-state index is 0.462. The first-order chi connectivity index (χ1) is 14.3. The maximum Gasteiger partial charge on any atom is 0.519 e. The van der Waals surface area contributed by atoms with E-state index in [-0.39, 0.29) is 0 Å². The average molecular weight is 380 g/mol. The summed E-state index contributed by atoms with van der Waals surface area (Å²) < 4.78 is 11.1. The molecule has 142 valence electrons. The maximum absolute atomic E-state index is 12.5. The lowest BCUT2D eigenvalue weighted by Crippen LogP contribution is -2.15. The Hall–Kier alpha value is -3.85. The zero-order valence-electron chi connectivity index (χ0n) is 15.8. The largest absolute Gasteiger partial charge is 0.519 e. The molecule has 4 aromatic rings. The molecule has 0 bridgehead atoms. The smallest absolute Gasteiger partial charge is 0.394 e. The highest BCUT2D eigenvalue weighted by molar-refractivity contribution is 5.75. The molecule has 0 aromatic heterocycles. The van der Waals surface area contributed by atoms with E-state index in [4.69, 9.17) is 9.47 Å². The average Bonchev–Trinajstić information content (AvgIpc) is 2.77. The van der Waals surface area contributed by atoms with E-state index in [1.165, 1.54) is 0 Å². The van der Waals surface area contributed by atoms with E-state index in [1.807, 2.05) is 97.1 Å². The van der Waals surface area contributed by atoms with Gasteiger partial charge in [0.2, 0.25) is 0 Å². The van der Waals surface area contributed by atoms with Gasteiger partial charge in [-0.15, -0.1) is 0 Å². The van der Waals surface area contributed by atoms with Gasteiger partial charge in [-0.2, -0.15) is 0 Å². The quantitative estimate of drug-likeness (QED) is 0.292. The predicted molar refractivity (Wildman–Crippen MR) is 114 cm³/mol. The summed E-state index contributed by atoms with van der Waals surface area (Å²) >= 11 is 0. The fourth-order valence-electron chi connectivity index (χ4n) is 3.18. The van der Waals surface area contributed by atoms with Crippen LogP contribution in [0.1, 0.15) is 11.1 Å². The van der Waals surface area contributed by atoms with Crippen LogP contribution in [-0.4, -0.2) is 6.16 Å². The molecule has 0 N–H and O–H groups in total. The van der Waals surface area contributed by atoms with Crippen LogP contribution in [0.25, 0.3) is 11.1 Å². The van der Waals surface area contributed by atoms with Gasteiger partial charge in [0.1, 0.15) is 11.5 Å². The molecule has 0 spiro atoms. The van der Waals surface area contributed by atoms with Crippen LogP contribution in [-0.2, 0) is 6.42 Å². The van der Waals surface area contributed by atoms with Gasteiger partial charge in [-0.1, -0.05) is 97.1 Å². The van der Waals surface area contributed by atoms with Crippen molar-refractivity contribution >= 4 is 6.16 Å². The van der Waals surface area contributed by atoms with Crippen LogP contribution in [0.2, 0.25) is 0 Å². The second-order valence-electron chi connectivity index (χ2n) is 6.59. The zero-order chi connectivity index (χ0) is 19.9. The number of hydrogen-bond acceptors (Lipinski definition) is 3. The Labute approximate surface area is 170 Å². The molecule has 3 nitrogen and oxygen atoms in total. The third kappa shape index (κ3) is 4.71. The second kappa shape index (κ2) is 8.89. The topological polar surface area (TPSA) is 35.5 Å². The van der Waals surface area contributed by atoms with Gasteiger partial charge in [-0.05, 0) is 28.8 Å². The predicted octanol–water partition coefficient (Wildman–Crippen LogP) is 6.52. The van der Waals surface area contributed by atoms with Gasteiger partial charge >= 0.3 is 6.16 Å². The molecule has 3 heteroatoms. The summed E-state index contributed by atoms with van der Waals surface area (Å²) in [7, 11) is 0. The van der Waals surface area contributed by atoms with E-state index in [2.05, 4.69) is 0 Å². The molecule has 0 unspecified atom stereocenters. The van der Waals surface area contributed by atoms with Gasteiger partial charge < -0.3 is 9.47 Å². The van der Waals surface area contributed by atoms with Crippen molar-refractivity contribution in [2.45, 2.75) is 6.42 Å². The summed E-state index contributed by atoms with van der Waals surface area (Å²) in [5.41, 5.74) is 3.88. The van der Waals surface area contributed by atoms with E-state index in [0.29, 0.717) is 17.9 Å². The van der Waals surface area contributed by atoms with Gasteiger partial charge in [-0.25, -0.2) is 4.79 Å².